The molecule has 9 heteroatoms. The molecule has 0 aliphatic rings. The Kier molecular flexibility index (Phi) is 8.61. The van der Waals surface area contributed by atoms with Crippen LogP contribution in [0.15, 0.2) is 48.7 Å². The minimum atomic E-state index is -0.644. The highest BCUT2D eigenvalue weighted by molar-refractivity contribution is 6.29. The summed E-state index contributed by atoms with van der Waals surface area (Å²) in [5.74, 6) is 0.459. The molecule has 32 heavy (non-hydrogen) atoms. The number of nitrogens with one attached hydrogen (secondary N) is 2. The van der Waals surface area contributed by atoms with Gasteiger partial charge in [0.1, 0.15) is 5.15 Å². The van der Waals surface area contributed by atoms with Gasteiger partial charge in [0.05, 0.1) is 24.9 Å². The SMILES string of the molecule is CCOc1cc(CN(C)C(=O)c2ccc(CCNCC(O)c3ccc(Cl)nc3)cc2)[nH]n1. The summed E-state index contributed by atoms with van der Waals surface area (Å²) in [4.78, 5) is 18.3. The molecule has 0 aliphatic heterocycles. The molecule has 3 aromatic rings. The molecule has 8 nitrogen and oxygen atoms in total. The van der Waals surface area contributed by atoms with Gasteiger partial charge in [-0.25, -0.2) is 4.98 Å². The van der Waals surface area contributed by atoms with Gasteiger partial charge in [-0.2, -0.15) is 0 Å². The van der Waals surface area contributed by atoms with Crippen LogP contribution in [0.5, 0.6) is 5.88 Å². The second-order valence-corrected chi connectivity index (χ2v) is 7.79. The lowest BCUT2D eigenvalue weighted by Crippen LogP contribution is -2.26. The number of aliphatic hydroxyl groups excluding tert-OH is 1. The largest absolute Gasteiger partial charge is 0.477 e. The van der Waals surface area contributed by atoms with Crippen LogP contribution < -0.4 is 10.1 Å². The lowest BCUT2D eigenvalue weighted by atomic mass is 10.1. The molecule has 1 atom stereocenters. The average Bonchev–Trinajstić information content (AvgIpc) is 3.24. The predicted octanol–water partition coefficient (Wildman–Crippen LogP) is 2.99. The number of aromatic nitrogens is 3. The van der Waals surface area contributed by atoms with Crippen LogP contribution in [0.25, 0.3) is 0 Å². The molecule has 2 aromatic heterocycles. The third-order valence-electron chi connectivity index (χ3n) is 4.92. The van der Waals surface area contributed by atoms with Gasteiger partial charge in [0.15, 0.2) is 0 Å². The Balaban J connectivity index is 1.43. The molecule has 170 valence electrons. The third kappa shape index (κ3) is 6.78. The standard InChI is InChI=1S/C23H28ClN5O3/c1-3-32-22-12-19(27-28-22)15-29(2)23(31)17-6-4-16(5-7-17)10-11-25-14-20(30)18-8-9-21(24)26-13-18/h4-9,12-13,20,25,30H,3,10-11,14-15H2,1-2H3,(H,27,28). The Labute approximate surface area is 192 Å². The van der Waals surface area contributed by atoms with Crippen molar-refractivity contribution in [3.63, 3.8) is 0 Å². The quantitative estimate of drug-likeness (QED) is 0.302. The molecule has 0 spiro atoms. The Morgan fingerprint density at radius 3 is 2.75 bits per heavy atom. The molecule has 0 saturated heterocycles. The van der Waals surface area contributed by atoms with E-state index in [0.29, 0.717) is 42.8 Å². The van der Waals surface area contributed by atoms with Crippen molar-refractivity contribution < 1.29 is 14.6 Å². The van der Waals surface area contributed by atoms with Gasteiger partial charge < -0.3 is 20.1 Å². The maximum absolute atomic E-state index is 12.7. The van der Waals surface area contributed by atoms with Crippen molar-refractivity contribution >= 4 is 17.5 Å². The minimum Gasteiger partial charge on any atom is -0.477 e. The number of carbonyl (C=O) groups is 1. The zero-order chi connectivity index (χ0) is 22.9. The summed E-state index contributed by atoms with van der Waals surface area (Å²) >= 11 is 5.77. The second kappa shape index (κ2) is 11.6. The van der Waals surface area contributed by atoms with E-state index in [1.807, 2.05) is 31.2 Å². The summed E-state index contributed by atoms with van der Waals surface area (Å²) in [5.41, 5.74) is 3.26. The highest BCUT2D eigenvalue weighted by Crippen LogP contribution is 2.14. The fraction of sp³-hybridized carbons (Fsp3) is 0.348. The van der Waals surface area contributed by atoms with E-state index >= 15 is 0 Å². The Morgan fingerprint density at radius 2 is 2.06 bits per heavy atom. The molecule has 0 radical (unpaired) electrons. The first kappa shape index (κ1) is 23.7. The number of aromatic amines is 1. The fourth-order valence-corrected chi connectivity index (χ4v) is 3.29. The first-order valence-electron chi connectivity index (χ1n) is 10.5. The Morgan fingerprint density at radius 1 is 1.28 bits per heavy atom. The van der Waals surface area contributed by atoms with E-state index in [1.165, 1.54) is 0 Å². The molecule has 3 N–H and O–H groups in total. The maximum atomic E-state index is 12.7. The smallest absolute Gasteiger partial charge is 0.253 e. The Bertz CT molecular complexity index is 992. The number of nitrogens with zero attached hydrogens (tertiary/aromatic N) is 3. The van der Waals surface area contributed by atoms with Crippen LogP contribution in [0.1, 0.15) is 40.2 Å². The van der Waals surface area contributed by atoms with E-state index in [9.17, 15) is 9.90 Å². The second-order valence-electron chi connectivity index (χ2n) is 7.41. The number of H-pyrrole nitrogens is 1. The van der Waals surface area contributed by atoms with Crippen molar-refractivity contribution in [3.8, 4) is 5.88 Å². The number of amides is 1. The minimum absolute atomic E-state index is 0.0677. The third-order valence-corrected chi connectivity index (χ3v) is 5.14. The summed E-state index contributed by atoms with van der Waals surface area (Å²) in [5, 5.41) is 20.8. The normalized spacial score (nSPS) is 11.9. The lowest BCUT2D eigenvalue weighted by molar-refractivity contribution is 0.0783. The molecule has 3 rings (SSSR count). The summed E-state index contributed by atoms with van der Waals surface area (Å²) < 4.78 is 5.33. The van der Waals surface area contributed by atoms with E-state index in [2.05, 4.69) is 20.5 Å². The monoisotopic (exact) mass is 457 g/mol. The van der Waals surface area contributed by atoms with Gasteiger partial charge in [0.2, 0.25) is 5.88 Å². The Hall–Kier alpha value is -2.94. The van der Waals surface area contributed by atoms with Crippen LogP contribution in [0.2, 0.25) is 5.15 Å². The highest BCUT2D eigenvalue weighted by Gasteiger charge is 2.14. The molecule has 0 fully saturated rings. The van der Waals surface area contributed by atoms with Gasteiger partial charge in [-0.1, -0.05) is 29.8 Å². The molecule has 0 bridgehead atoms. The van der Waals surface area contributed by atoms with Crippen molar-refractivity contribution in [1.82, 2.24) is 25.4 Å². The molecule has 1 unspecified atom stereocenters. The molecule has 1 amide bonds. The van der Waals surface area contributed by atoms with E-state index in [-0.39, 0.29) is 5.91 Å². The van der Waals surface area contributed by atoms with Gasteiger partial charge in [-0.15, -0.1) is 5.10 Å². The molecule has 0 aliphatic carbocycles. The van der Waals surface area contributed by atoms with Gasteiger partial charge in [0, 0.05) is 37.0 Å². The van der Waals surface area contributed by atoms with Crippen LogP contribution in [-0.4, -0.2) is 57.8 Å². The number of benzene rings is 1. The van der Waals surface area contributed by atoms with Crippen molar-refractivity contribution in [2.45, 2.75) is 26.0 Å². The molecule has 0 saturated carbocycles. The highest BCUT2D eigenvalue weighted by atomic mass is 35.5. The van der Waals surface area contributed by atoms with E-state index in [0.717, 1.165) is 23.2 Å². The van der Waals surface area contributed by atoms with Crippen LogP contribution in [0.4, 0.5) is 0 Å². The number of ether oxygens (including phenoxy) is 1. The number of halogens is 1. The van der Waals surface area contributed by atoms with Gasteiger partial charge in [-0.3, -0.25) is 9.89 Å². The summed E-state index contributed by atoms with van der Waals surface area (Å²) in [7, 11) is 1.75. The van der Waals surface area contributed by atoms with Crippen LogP contribution >= 0.6 is 11.6 Å². The summed E-state index contributed by atoms with van der Waals surface area (Å²) in [6.45, 7) is 3.97. The number of hydrogen-bond donors (Lipinski definition) is 3. The number of carbonyl (C=O) groups excluding carboxylic acids is 1. The topological polar surface area (TPSA) is 103 Å². The first-order valence-corrected chi connectivity index (χ1v) is 10.9. The fourth-order valence-electron chi connectivity index (χ4n) is 3.18. The van der Waals surface area contributed by atoms with Crippen molar-refractivity contribution in [2.75, 3.05) is 26.7 Å². The zero-order valence-electron chi connectivity index (χ0n) is 18.2. The van der Waals surface area contributed by atoms with Crippen molar-refractivity contribution in [3.05, 3.63) is 76.2 Å². The van der Waals surface area contributed by atoms with Crippen LogP contribution in [0, 0.1) is 0 Å². The summed E-state index contributed by atoms with van der Waals surface area (Å²) in [6.07, 6.45) is 1.71. The first-order chi connectivity index (χ1) is 15.5. The number of pyridine rings is 1. The molecular weight excluding hydrogens is 430 g/mol. The van der Waals surface area contributed by atoms with Crippen molar-refractivity contribution in [1.29, 1.82) is 0 Å². The number of rotatable bonds is 11. The lowest BCUT2D eigenvalue weighted by Gasteiger charge is -2.16. The van der Waals surface area contributed by atoms with E-state index < -0.39 is 6.10 Å². The van der Waals surface area contributed by atoms with Crippen LogP contribution in [-0.2, 0) is 13.0 Å². The predicted molar refractivity (Wildman–Crippen MR) is 123 cm³/mol. The van der Waals surface area contributed by atoms with Gasteiger partial charge in [0.25, 0.3) is 5.91 Å². The van der Waals surface area contributed by atoms with E-state index in [4.69, 9.17) is 16.3 Å². The van der Waals surface area contributed by atoms with E-state index in [1.54, 1.807) is 36.3 Å². The molecular formula is C23H28ClN5O3. The summed E-state index contributed by atoms with van der Waals surface area (Å²) in [6, 6.07) is 12.8. The van der Waals surface area contributed by atoms with Crippen molar-refractivity contribution in [2.24, 2.45) is 0 Å². The van der Waals surface area contributed by atoms with Gasteiger partial charge in [-0.05, 0) is 43.7 Å². The zero-order valence-corrected chi connectivity index (χ0v) is 19.0. The molecule has 2 heterocycles. The maximum Gasteiger partial charge on any atom is 0.253 e. The van der Waals surface area contributed by atoms with Crippen LogP contribution in [0.3, 0.4) is 0 Å². The number of aliphatic hydroxyl groups is 1. The van der Waals surface area contributed by atoms with Gasteiger partial charge >= 0.3 is 0 Å². The average molecular weight is 458 g/mol. The number of hydrogen-bond acceptors (Lipinski definition) is 6. The molecule has 1 aromatic carbocycles.